The van der Waals surface area contributed by atoms with E-state index in [1.54, 1.807) is 11.6 Å². The number of aliphatic hydroxyl groups is 1. The van der Waals surface area contributed by atoms with Crippen LogP contribution < -0.4 is 11.2 Å². The van der Waals surface area contributed by atoms with E-state index in [0.717, 1.165) is 49.4 Å². The van der Waals surface area contributed by atoms with Crippen molar-refractivity contribution < 1.29 is 22.5 Å². The van der Waals surface area contributed by atoms with Gasteiger partial charge in [-0.25, -0.2) is 9.78 Å². The number of rotatable bonds is 9. The molecule has 0 saturated carbocycles. The Labute approximate surface area is 219 Å². The largest absolute Gasteiger partial charge is 0.416 e. The highest BCUT2D eigenvalue weighted by Gasteiger charge is 2.30. The first-order valence-corrected chi connectivity index (χ1v) is 13.6. The van der Waals surface area contributed by atoms with Gasteiger partial charge < -0.3 is 14.6 Å². The second kappa shape index (κ2) is 11.5. The number of nitrogens with zero attached hydrogens (tertiary/aromatic N) is 6. The van der Waals surface area contributed by atoms with Gasteiger partial charge in [-0.05, 0) is 37.2 Å². The summed E-state index contributed by atoms with van der Waals surface area (Å²) >= 11 is 0. The molecular formula is C24H31F3N6O4S. The molecule has 3 aromatic rings. The second-order valence-electron chi connectivity index (χ2n) is 9.50. The standard InChI is InChI=1S/C24H31F3N6O4S/c1-29-21-20(22(35)30(2)23(29)36)33(16-28-21)15-18(34)14-32-11-9-31(10-12-32)8-3-13-38(37)19-6-4-17(5-7-19)24(25,26)27/h4-7,16,18,34H,3,8-15H2,1-2H3. The molecule has 3 heterocycles. The number of benzene rings is 1. The van der Waals surface area contributed by atoms with Gasteiger partial charge in [-0.1, -0.05) is 0 Å². The lowest BCUT2D eigenvalue weighted by molar-refractivity contribution is -0.137. The zero-order chi connectivity index (χ0) is 27.6. The van der Waals surface area contributed by atoms with E-state index >= 15 is 0 Å². The number of alkyl halides is 3. The summed E-state index contributed by atoms with van der Waals surface area (Å²) < 4.78 is 54.4. The summed E-state index contributed by atoms with van der Waals surface area (Å²) in [5, 5.41) is 10.7. The smallest absolute Gasteiger partial charge is 0.390 e. The molecule has 0 bridgehead atoms. The molecule has 38 heavy (non-hydrogen) atoms. The van der Waals surface area contributed by atoms with E-state index in [0.29, 0.717) is 23.6 Å². The van der Waals surface area contributed by atoms with E-state index in [4.69, 9.17) is 0 Å². The second-order valence-corrected chi connectivity index (χ2v) is 11.1. The third-order valence-corrected chi connectivity index (χ3v) is 8.26. The van der Waals surface area contributed by atoms with Gasteiger partial charge in [0, 0.05) is 57.5 Å². The van der Waals surface area contributed by atoms with Crippen molar-refractivity contribution in [1.29, 1.82) is 0 Å². The minimum Gasteiger partial charge on any atom is -0.390 e. The number of aromatic nitrogens is 4. The molecule has 1 saturated heterocycles. The minimum atomic E-state index is -4.41. The maximum absolute atomic E-state index is 12.7. The van der Waals surface area contributed by atoms with Gasteiger partial charge in [-0.15, -0.1) is 0 Å². The summed E-state index contributed by atoms with van der Waals surface area (Å²) in [6.07, 6.45) is -3.04. The number of fused-ring (bicyclic) bond motifs is 1. The van der Waals surface area contributed by atoms with Crippen LogP contribution in [0.5, 0.6) is 0 Å². The molecule has 1 aromatic carbocycles. The molecule has 14 heteroatoms. The fourth-order valence-electron chi connectivity index (χ4n) is 4.65. The Morgan fingerprint density at radius 1 is 1.00 bits per heavy atom. The Morgan fingerprint density at radius 2 is 1.63 bits per heavy atom. The lowest BCUT2D eigenvalue weighted by Crippen LogP contribution is -2.49. The van der Waals surface area contributed by atoms with Crippen molar-refractivity contribution in [3.05, 3.63) is 57.0 Å². The molecule has 0 aliphatic carbocycles. The molecule has 0 amide bonds. The molecule has 4 rings (SSSR count). The van der Waals surface area contributed by atoms with Crippen molar-refractivity contribution >= 4 is 22.0 Å². The van der Waals surface area contributed by atoms with Crippen LogP contribution in [0.4, 0.5) is 13.2 Å². The zero-order valence-electron chi connectivity index (χ0n) is 21.2. The Bertz CT molecular complexity index is 1410. The van der Waals surface area contributed by atoms with Gasteiger partial charge in [0.05, 0.1) is 35.3 Å². The van der Waals surface area contributed by atoms with E-state index < -0.39 is 39.9 Å². The fourth-order valence-corrected chi connectivity index (χ4v) is 5.71. The lowest BCUT2D eigenvalue weighted by atomic mass is 10.2. The van der Waals surface area contributed by atoms with Crippen LogP contribution in [-0.4, -0.2) is 88.9 Å². The molecule has 10 nitrogen and oxygen atoms in total. The van der Waals surface area contributed by atoms with Crippen molar-refractivity contribution in [3.8, 4) is 0 Å². The number of aryl methyl sites for hydroxylation is 1. The maximum Gasteiger partial charge on any atom is 0.416 e. The lowest BCUT2D eigenvalue weighted by Gasteiger charge is -2.35. The topological polar surface area (TPSA) is 106 Å². The van der Waals surface area contributed by atoms with Crippen LogP contribution in [-0.2, 0) is 37.6 Å². The SMILES string of the molecule is Cn1c(=O)c2c(ncn2CC(O)CN2CCN(CCCS(=O)c3ccc(C(F)(F)F)cc3)CC2)n(C)c1=O. The van der Waals surface area contributed by atoms with Gasteiger partial charge in [0.15, 0.2) is 11.2 Å². The molecule has 0 spiro atoms. The molecule has 1 fully saturated rings. The number of hydrogen-bond acceptors (Lipinski definition) is 7. The molecule has 0 radical (unpaired) electrons. The van der Waals surface area contributed by atoms with Gasteiger partial charge in [-0.3, -0.25) is 23.0 Å². The summed E-state index contributed by atoms with van der Waals surface area (Å²) in [5.74, 6) is 0.369. The first-order chi connectivity index (χ1) is 18.0. The molecule has 2 aromatic heterocycles. The van der Waals surface area contributed by atoms with Crippen LogP contribution in [0.2, 0.25) is 0 Å². The quantitative estimate of drug-likeness (QED) is 0.412. The predicted molar refractivity (Wildman–Crippen MR) is 136 cm³/mol. The van der Waals surface area contributed by atoms with E-state index in [2.05, 4.69) is 14.8 Å². The van der Waals surface area contributed by atoms with Crippen molar-refractivity contribution in [2.45, 2.75) is 30.1 Å². The highest BCUT2D eigenvalue weighted by molar-refractivity contribution is 7.85. The molecule has 208 valence electrons. The summed E-state index contributed by atoms with van der Waals surface area (Å²) in [6.45, 7) is 4.33. The van der Waals surface area contributed by atoms with Gasteiger partial charge in [0.25, 0.3) is 5.56 Å². The van der Waals surface area contributed by atoms with Crippen molar-refractivity contribution in [2.24, 2.45) is 14.1 Å². The summed E-state index contributed by atoms with van der Waals surface area (Å²) in [6, 6.07) is 4.46. The number of hydrogen-bond donors (Lipinski definition) is 1. The van der Waals surface area contributed by atoms with Crippen LogP contribution in [0.25, 0.3) is 11.2 Å². The average Bonchev–Trinajstić information content (AvgIpc) is 3.30. The van der Waals surface area contributed by atoms with E-state index in [-0.39, 0.29) is 17.7 Å². The third kappa shape index (κ3) is 6.25. The third-order valence-electron chi connectivity index (χ3n) is 6.81. The highest BCUT2D eigenvalue weighted by atomic mass is 32.2. The molecule has 1 aliphatic heterocycles. The Kier molecular flexibility index (Phi) is 8.55. The Morgan fingerprint density at radius 3 is 2.26 bits per heavy atom. The Hall–Kier alpha value is -2.81. The van der Waals surface area contributed by atoms with Crippen molar-refractivity contribution in [3.63, 3.8) is 0 Å². The highest BCUT2D eigenvalue weighted by Crippen LogP contribution is 2.29. The van der Waals surface area contributed by atoms with Gasteiger partial charge in [-0.2, -0.15) is 13.2 Å². The van der Waals surface area contributed by atoms with Crippen LogP contribution in [0.3, 0.4) is 0 Å². The minimum absolute atomic E-state index is 0.167. The van der Waals surface area contributed by atoms with E-state index in [9.17, 15) is 32.1 Å². The maximum atomic E-state index is 12.7. The van der Waals surface area contributed by atoms with Gasteiger partial charge in [0.2, 0.25) is 0 Å². The first kappa shape index (κ1) is 28.2. The first-order valence-electron chi connectivity index (χ1n) is 12.2. The molecule has 1 aliphatic rings. The fraction of sp³-hybridized carbons (Fsp3) is 0.542. The monoisotopic (exact) mass is 556 g/mol. The van der Waals surface area contributed by atoms with E-state index in [1.807, 2.05) is 0 Å². The predicted octanol–water partition coefficient (Wildman–Crippen LogP) is 0.629. The van der Waals surface area contributed by atoms with Crippen LogP contribution >= 0.6 is 0 Å². The molecule has 1 N–H and O–H groups in total. The molecular weight excluding hydrogens is 525 g/mol. The molecule has 2 unspecified atom stereocenters. The van der Waals surface area contributed by atoms with Crippen LogP contribution in [0, 0.1) is 0 Å². The summed E-state index contributed by atoms with van der Waals surface area (Å²) in [5.41, 5.74) is -1.13. The number of piperazine rings is 1. The Balaban J connectivity index is 1.22. The van der Waals surface area contributed by atoms with Crippen LogP contribution in [0.1, 0.15) is 12.0 Å². The number of β-amino-alcohol motifs (C(OH)–C–C–N with tert-alkyl or cyclic N) is 1. The van der Waals surface area contributed by atoms with Gasteiger partial charge in [0.1, 0.15) is 0 Å². The van der Waals surface area contributed by atoms with Crippen molar-refractivity contribution in [2.75, 3.05) is 45.0 Å². The summed E-state index contributed by atoms with van der Waals surface area (Å²) in [4.78, 5) is 33.6. The van der Waals surface area contributed by atoms with Crippen molar-refractivity contribution in [1.82, 2.24) is 28.5 Å². The average molecular weight is 557 g/mol. The summed E-state index contributed by atoms with van der Waals surface area (Å²) in [7, 11) is 1.59. The van der Waals surface area contributed by atoms with Gasteiger partial charge >= 0.3 is 11.9 Å². The van der Waals surface area contributed by atoms with E-state index in [1.165, 1.54) is 30.1 Å². The number of imidazole rings is 1. The number of aliphatic hydroxyl groups excluding tert-OH is 1. The number of halogens is 3. The molecule has 2 atom stereocenters. The normalized spacial score (nSPS) is 17.2. The zero-order valence-corrected chi connectivity index (χ0v) is 22.0. The van der Waals surface area contributed by atoms with Crippen LogP contribution in [0.15, 0.2) is 45.1 Å².